The first-order valence-corrected chi connectivity index (χ1v) is 12.1. The van der Waals surface area contributed by atoms with Crippen molar-refractivity contribution in [2.75, 3.05) is 18.6 Å². The molecule has 36 heavy (non-hydrogen) atoms. The molecule has 3 aromatic rings. The molecule has 0 saturated carbocycles. The number of carbonyl (C=O) groups excluding carboxylic acids is 2. The summed E-state index contributed by atoms with van der Waals surface area (Å²) in [5.41, 5.74) is 3.66. The summed E-state index contributed by atoms with van der Waals surface area (Å²) in [5.74, 6) is -0.202. The van der Waals surface area contributed by atoms with Gasteiger partial charge in [0.25, 0.3) is 11.7 Å². The fraction of sp³-hybridized carbons (Fsp3) is 0.267. The van der Waals surface area contributed by atoms with Crippen LogP contribution in [0.25, 0.3) is 5.76 Å². The van der Waals surface area contributed by atoms with Gasteiger partial charge in [-0.3, -0.25) is 14.5 Å². The average molecular weight is 486 g/mol. The number of ether oxygens (including phenoxy) is 2. The van der Waals surface area contributed by atoms with Gasteiger partial charge in [-0.15, -0.1) is 0 Å². The third-order valence-electron chi connectivity index (χ3n) is 6.37. The first kappa shape index (κ1) is 25.0. The van der Waals surface area contributed by atoms with E-state index in [9.17, 15) is 14.7 Å². The number of amides is 1. The lowest BCUT2D eigenvalue weighted by atomic mass is 9.93. The average Bonchev–Trinajstić information content (AvgIpc) is 3.14. The predicted octanol–water partition coefficient (Wildman–Crippen LogP) is 6.15. The van der Waals surface area contributed by atoms with Crippen LogP contribution in [-0.4, -0.2) is 30.5 Å². The molecule has 1 fully saturated rings. The molecule has 0 bridgehead atoms. The van der Waals surface area contributed by atoms with Gasteiger partial charge in [-0.25, -0.2) is 0 Å². The van der Waals surface area contributed by atoms with Gasteiger partial charge < -0.3 is 14.6 Å². The molecule has 3 aromatic carbocycles. The Morgan fingerprint density at radius 2 is 1.75 bits per heavy atom. The fourth-order valence-corrected chi connectivity index (χ4v) is 4.52. The van der Waals surface area contributed by atoms with Crippen LogP contribution in [0.2, 0.25) is 0 Å². The van der Waals surface area contributed by atoms with Gasteiger partial charge in [0, 0.05) is 11.3 Å². The van der Waals surface area contributed by atoms with E-state index in [0.29, 0.717) is 29.2 Å². The van der Waals surface area contributed by atoms with Crippen LogP contribution in [0.5, 0.6) is 11.5 Å². The van der Waals surface area contributed by atoms with Gasteiger partial charge in [-0.1, -0.05) is 43.7 Å². The molecule has 1 N–H and O–H groups in total. The molecule has 0 radical (unpaired) electrons. The summed E-state index contributed by atoms with van der Waals surface area (Å²) in [6.45, 7) is 8.46. The zero-order chi connectivity index (χ0) is 26.0. The van der Waals surface area contributed by atoms with Crippen LogP contribution < -0.4 is 14.4 Å². The number of carbonyl (C=O) groups is 2. The highest BCUT2D eigenvalue weighted by molar-refractivity contribution is 6.51. The van der Waals surface area contributed by atoms with Crippen molar-refractivity contribution in [3.63, 3.8) is 0 Å². The summed E-state index contributed by atoms with van der Waals surface area (Å²) in [5, 5.41) is 11.5. The van der Waals surface area contributed by atoms with Crippen molar-refractivity contribution in [2.45, 2.75) is 39.7 Å². The smallest absolute Gasteiger partial charge is 0.300 e. The number of hydrogen-bond donors (Lipinski definition) is 1. The van der Waals surface area contributed by atoms with Crippen molar-refractivity contribution in [1.29, 1.82) is 0 Å². The Morgan fingerprint density at radius 1 is 1.03 bits per heavy atom. The van der Waals surface area contributed by atoms with Gasteiger partial charge in [-0.2, -0.15) is 0 Å². The second kappa shape index (κ2) is 10.3. The molecule has 1 unspecified atom stereocenters. The van der Waals surface area contributed by atoms with Crippen LogP contribution in [0, 0.1) is 6.92 Å². The molecular formula is C30H31NO5. The third-order valence-corrected chi connectivity index (χ3v) is 6.37. The Bertz CT molecular complexity index is 1320. The topological polar surface area (TPSA) is 76.1 Å². The maximum atomic E-state index is 13.4. The van der Waals surface area contributed by atoms with E-state index in [-0.39, 0.29) is 17.3 Å². The summed E-state index contributed by atoms with van der Waals surface area (Å²) in [4.78, 5) is 28.2. The molecule has 1 aliphatic heterocycles. The molecular weight excluding hydrogens is 454 g/mol. The molecule has 6 nitrogen and oxygen atoms in total. The number of nitrogens with zero attached hydrogens (tertiary/aromatic N) is 1. The molecule has 0 aliphatic carbocycles. The van der Waals surface area contributed by atoms with E-state index in [0.717, 1.165) is 16.9 Å². The highest BCUT2D eigenvalue weighted by Crippen LogP contribution is 2.43. The van der Waals surface area contributed by atoms with Crippen LogP contribution in [0.4, 0.5) is 5.69 Å². The first-order chi connectivity index (χ1) is 17.3. The summed E-state index contributed by atoms with van der Waals surface area (Å²) in [7, 11) is 1.56. The lowest BCUT2D eigenvalue weighted by Gasteiger charge is -2.26. The number of Topliss-reactive ketones (excluding diaryl/α,β-unsaturated/α-hetero) is 1. The quantitative estimate of drug-likeness (QED) is 0.247. The number of ketones is 1. The Morgan fingerprint density at radius 3 is 2.39 bits per heavy atom. The molecule has 186 valence electrons. The Balaban J connectivity index is 1.94. The summed E-state index contributed by atoms with van der Waals surface area (Å²) in [6.07, 6.45) is 0. The molecule has 1 aliphatic rings. The minimum absolute atomic E-state index is 0.0349. The van der Waals surface area contributed by atoms with Gasteiger partial charge in [0.15, 0.2) is 0 Å². The van der Waals surface area contributed by atoms with E-state index in [1.165, 1.54) is 4.90 Å². The number of aliphatic hydroxyl groups is 1. The van der Waals surface area contributed by atoms with E-state index in [1.807, 2.05) is 52.0 Å². The van der Waals surface area contributed by atoms with E-state index < -0.39 is 17.7 Å². The number of anilines is 1. The molecule has 1 heterocycles. The van der Waals surface area contributed by atoms with Gasteiger partial charge in [0.2, 0.25) is 0 Å². The van der Waals surface area contributed by atoms with Crippen molar-refractivity contribution in [1.82, 2.24) is 0 Å². The van der Waals surface area contributed by atoms with Gasteiger partial charge in [0.05, 0.1) is 25.3 Å². The van der Waals surface area contributed by atoms with E-state index in [4.69, 9.17) is 9.47 Å². The standard InChI is InChI=1S/C30H31NO5/c1-6-36-25-15-12-21(17-24(25)18(2)3)28(32)26-27(20-8-7-9-23(16-20)35-5)31(30(34)29(26)33)22-13-10-19(4)11-14-22/h7-18,27,32H,6H2,1-5H3/b28-26-. The van der Waals surface area contributed by atoms with Gasteiger partial charge >= 0.3 is 0 Å². The largest absolute Gasteiger partial charge is 0.507 e. The number of hydrogen-bond acceptors (Lipinski definition) is 5. The predicted molar refractivity (Wildman–Crippen MR) is 141 cm³/mol. The second-order valence-corrected chi connectivity index (χ2v) is 9.12. The maximum Gasteiger partial charge on any atom is 0.300 e. The minimum atomic E-state index is -0.822. The monoisotopic (exact) mass is 485 g/mol. The zero-order valence-electron chi connectivity index (χ0n) is 21.2. The van der Waals surface area contributed by atoms with Gasteiger partial charge in [-0.05, 0) is 73.4 Å². The highest BCUT2D eigenvalue weighted by Gasteiger charge is 2.47. The minimum Gasteiger partial charge on any atom is -0.507 e. The number of aliphatic hydroxyl groups excluding tert-OH is 1. The van der Waals surface area contributed by atoms with Crippen LogP contribution in [0.15, 0.2) is 72.3 Å². The van der Waals surface area contributed by atoms with Crippen molar-refractivity contribution < 1.29 is 24.2 Å². The van der Waals surface area contributed by atoms with Gasteiger partial charge in [0.1, 0.15) is 17.3 Å². The number of rotatable bonds is 7. The first-order valence-electron chi connectivity index (χ1n) is 12.1. The number of aryl methyl sites for hydroxylation is 1. The molecule has 0 spiro atoms. The molecule has 1 amide bonds. The molecule has 1 atom stereocenters. The van der Waals surface area contributed by atoms with E-state index in [2.05, 4.69) is 0 Å². The summed E-state index contributed by atoms with van der Waals surface area (Å²) < 4.78 is 11.2. The number of methoxy groups -OCH3 is 1. The Kier molecular flexibility index (Phi) is 7.15. The maximum absolute atomic E-state index is 13.4. The number of benzene rings is 3. The molecule has 4 rings (SSSR count). The molecule has 1 saturated heterocycles. The molecule has 6 heteroatoms. The van der Waals surface area contributed by atoms with E-state index in [1.54, 1.807) is 49.6 Å². The van der Waals surface area contributed by atoms with Crippen LogP contribution in [0.1, 0.15) is 55.0 Å². The zero-order valence-corrected chi connectivity index (χ0v) is 21.2. The van der Waals surface area contributed by atoms with Crippen LogP contribution >= 0.6 is 0 Å². The Labute approximate surface area is 211 Å². The van der Waals surface area contributed by atoms with E-state index >= 15 is 0 Å². The SMILES string of the molecule is CCOc1ccc(/C(O)=C2/C(=O)C(=O)N(c3ccc(C)cc3)C2c2cccc(OC)c2)cc1C(C)C. The lowest BCUT2D eigenvalue weighted by Crippen LogP contribution is -2.29. The third kappa shape index (κ3) is 4.59. The van der Waals surface area contributed by atoms with Crippen molar-refractivity contribution in [3.05, 3.63) is 94.6 Å². The van der Waals surface area contributed by atoms with Crippen molar-refractivity contribution in [2.24, 2.45) is 0 Å². The fourth-order valence-electron chi connectivity index (χ4n) is 4.52. The normalized spacial score (nSPS) is 17.1. The lowest BCUT2D eigenvalue weighted by molar-refractivity contribution is -0.132. The van der Waals surface area contributed by atoms with Crippen molar-refractivity contribution in [3.8, 4) is 11.5 Å². The van der Waals surface area contributed by atoms with Crippen LogP contribution in [-0.2, 0) is 9.59 Å². The second-order valence-electron chi connectivity index (χ2n) is 9.12. The molecule has 0 aromatic heterocycles. The highest BCUT2D eigenvalue weighted by atomic mass is 16.5. The summed E-state index contributed by atoms with van der Waals surface area (Å²) in [6, 6.07) is 19.1. The Hall–Kier alpha value is -4.06. The summed E-state index contributed by atoms with van der Waals surface area (Å²) >= 11 is 0. The van der Waals surface area contributed by atoms with Crippen LogP contribution in [0.3, 0.4) is 0 Å². The van der Waals surface area contributed by atoms with Crippen molar-refractivity contribution >= 4 is 23.1 Å².